The van der Waals surface area contributed by atoms with Gasteiger partial charge in [-0.05, 0) is 39.2 Å². The van der Waals surface area contributed by atoms with Gasteiger partial charge in [-0.1, -0.05) is 23.7 Å². The molecule has 1 aliphatic carbocycles. The fourth-order valence-electron chi connectivity index (χ4n) is 2.70. The summed E-state index contributed by atoms with van der Waals surface area (Å²) in [7, 11) is 0. The first-order valence-corrected chi connectivity index (χ1v) is 8.44. The number of aryl methyl sites for hydroxylation is 2. The number of aromatic nitrogens is 1. The Kier molecular flexibility index (Phi) is 4.29. The van der Waals surface area contributed by atoms with E-state index in [9.17, 15) is 4.39 Å². The van der Waals surface area contributed by atoms with E-state index in [1.165, 1.54) is 17.0 Å². The fraction of sp³-hybridized carbons (Fsp3) is 0.438. The SMILES string of the molecule is CC(C)NC(c1nc2c(s1)CCC2)c1cccc(Cl)c1F. The summed E-state index contributed by atoms with van der Waals surface area (Å²) in [5.74, 6) is -0.354. The Balaban J connectivity index is 2.02. The van der Waals surface area contributed by atoms with Crippen molar-refractivity contribution in [1.29, 1.82) is 0 Å². The van der Waals surface area contributed by atoms with Gasteiger partial charge in [0, 0.05) is 16.5 Å². The van der Waals surface area contributed by atoms with Gasteiger partial charge in [0.25, 0.3) is 0 Å². The van der Waals surface area contributed by atoms with Crippen LogP contribution in [-0.4, -0.2) is 11.0 Å². The van der Waals surface area contributed by atoms with Crippen LogP contribution >= 0.6 is 22.9 Å². The van der Waals surface area contributed by atoms with Crippen molar-refractivity contribution in [2.75, 3.05) is 0 Å². The molecule has 0 spiro atoms. The lowest BCUT2D eigenvalue weighted by atomic mass is 10.1. The number of hydrogen-bond acceptors (Lipinski definition) is 3. The normalized spacial score (nSPS) is 15.5. The molecular formula is C16H18ClFN2S. The van der Waals surface area contributed by atoms with Crippen molar-refractivity contribution in [2.24, 2.45) is 0 Å². The average Bonchev–Trinajstić information content (AvgIpc) is 3.00. The van der Waals surface area contributed by atoms with E-state index >= 15 is 0 Å². The molecule has 1 atom stereocenters. The molecule has 0 saturated carbocycles. The highest BCUT2D eigenvalue weighted by molar-refractivity contribution is 7.11. The predicted octanol–water partition coefficient (Wildman–Crippen LogP) is 4.51. The molecule has 0 bridgehead atoms. The average molecular weight is 325 g/mol. The van der Waals surface area contributed by atoms with Crippen LogP contribution in [0.5, 0.6) is 0 Å². The molecular weight excluding hydrogens is 307 g/mol. The summed E-state index contributed by atoms with van der Waals surface area (Å²) in [6.45, 7) is 4.10. The van der Waals surface area contributed by atoms with Crippen LogP contribution in [0, 0.1) is 5.82 Å². The van der Waals surface area contributed by atoms with Crippen molar-refractivity contribution in [2.45, 2.75) is 45.2 Å². The zero-order valence-electron chi connectivity index (χ0n) is 12.1. The Morgan fingerprint density at radius 3 is 2.86 bits per heavy atom. The highest BCUT2D eigenvalue weighted by Crippen LogP contribution is 2.35. The number of benzene rings is 1. The quantitative estimate of drug-likeness (QED) is 0.895. The number of nitrogens with one attached hydrogen (secondary N) is 1. The van der Waals surface area contributed by atoms with E-state index < -0.39 is 0 Å². The van der Waals surface area contributed by atoms with Crippen LogP contribution < -0.4 is 5.32 Å². The molecule has 1 aromatic heterocycles. The van der Waals surface area contributed by atoms with Gasteiger partial charge in [0.15, 0.2) is 0 Å². The molecule has 3 rings (SSSR count). The van der Waals surface area contributed by atoms with Crippen LogP contribution in [0.25, 0.3) is 0 Å². The minimum atomic E-state index is -0.354. The summed E-state index contributed by atoms with van der Waals surface area (Å²) in [5, 5.41) is 4.52. The molecule has 1 N–H and O–H groups in total. The number of fused-ring (bicyclic) bond motifs is 1. The van der Waals surface area contributed by atoms with E-state index in [1.807, 2.05) is 0 Å². The first-order chi connectivity index (χ1) is 10.1. The second-order valence-electron chi connectivity index (χ2n) is 5.67. The summed E-state index contributed by atoms with van der Waals surface area (Å²) in [4.78, 5) is 6.09. The Hall–Kier alpha value is -0.970. The highest BCUT2D eigenvalue weighted by Gasteiger charge is 2.26. The first kappa shape index (κ1) is 14.9. The molecule has 1 aliphatic rings. The van der Waals surface area contributed by atoms with Crippen LogP contribution in [0.4, 0.5) is 4.39 Å². The van der Waals surface area contributed by atoms with E-state index in [-0.39, 0.29) is 22.9 Å². The van der Waals surface area contributed by atoms with Crippen LogP contribution in [0.2, 0.25) is 5.02 Å². The minimum Gasteiger partial charge on any atom is -0.302 e. The Morgan fingerprint density at radius 2 is 2.14 bits per heavy atom. The molecule has 0 radical (unpaired) electrons. The summed E-state index contributed by atoms with van der Waals surface area (Å²) in [6, 6.07) is 5.14. The second kappa shape index (κ2) is 6.03. The van der Waals surface area contributed by atoms with Gasteiger partial charge < -0.3 is 5.32 Å². The van der Waals surface area contributed by atoms with Crippen LogP contribution in [0.3, 0.4) is 0 Å². The highest BCUT2D eigenvalue weighted by atomic mass is 35.5. The van der Waals surface area contributed by atoms with E-state index in [0.717, 1.165) is 17.8 Å². The van der Waals surface area contributed by atoms with Crippen molar-refractivity contribution < 1.29 is 4.39 Å². The van der Waals surface area contributed by atoms with Crippen LogP contribution in [-0.2, 0) is 12.8 Å². The molecule has 1 heterocycles. The largest absolute Gasteiger partial charge is 0.302 e. The van der Waals surface area contributed by atoms with Gasteiger partial charge in [0.1, 0.15) is 10.8 Å². The van der Waals surface area contributed by atoms with E-state index in [1.54, 1.807) is 29.5 Å². The zero-order valence-corrected chi connectivity index (χ0v) is 13.7. The van der Waals surface area contributed by atoms with E-state index in [4.69, 9.17) is 16.6 Å². The van der Waals surface area contributed by atoms with Crippen molar-refractivity contribution >= 4 is 22.9 Å². The molecule has 0 aliphatic heterocycles. The van der Waals surface area contributed by atoms with Crippen molar-refractivity contribution in [3.8, 4) is 0 Å². The summed E-state index contributed by atoms with van der Waals surface area (Å²) < 4.78 is 14.4. The fourth-order valence-corrected chi connectivity index (χ4v) is 4.12. The molecule has 1 unspecified atom stereocenters. The third-order valence-corrected chi connectivity index (χ3v) is 5.17. The summed E-state index contributed by atoms with van der Waals surface area (Å²) in [6.07, 6.45) is 3.32. The maximum atomic E-state index is 14.4. The second-order valence-corrected chi connectivity index (χ2v) is 7.20. The molecule has 5 heteroatoms. The van der Waals surface area contributed by atoms with Gasteiger partial charge in [-0.25, -0.2) is 9.37 Å². The Labute approximate surface area is 133 Å². The Morgan fingerprint density at radius 1 is 1.33 bits per heavy atom. The molecule has 0 amide bonds. The molecule has 0 fully saturated rings. The van der Waals surface area contributed by atoms with Crippen LogP contribution in [0.1, 0.15) is 47.5 Å². The maximum absolute atomic E-state index is 14.4. The zero-order chi connectivity index (χ0) is 15.0. The van der Waals surface area contributed by atoms with Crippen molar-refractivity contribution in [1.82, 2.24) is 10.3 Å². The molecule has 1 aromatic carbocycles. The van der Waals surface area contributed by atoms with Crippen molar-refractivity contribution in [3.63, 3.8) is 0 Å². The number of hydrogen-bond donors (Lipinski definition) is 1. The Bertz CT molecular complexity index is 632. The van der Waals surface area contributed by atoms with Gasteiger partial charge in [-0.3, -0.25) is 0 Å². The number of nitrogens with zero attached hydrogens (tertiary/aromatic N) is 1. The number of halogens is 2. The molecule has 112 valence electrons. The summed E-state index contributed by atoms with van der Waals surface area (Å²) in [5.41, 5.74) is 1.76. The van der Waals surface area contributed by atoms with Gasteiger partial charge in [-0.15, -0.1) is 11.3 Å². The van der Waals surface area contributed by atoms with E-state index in [0.29, 0.717) is 5.56 Å². The smallest absolute Gasteiger partial charge is 0.146 e. The van der Waals surface area contributed by atoms with Crippen LogP contribution in [0.15, 0.2) is 18.2 Å². The van der Waals surface area contributed by atoms with Crippen molar-refractivity contribution in [3.05, 3.63) is 50.2 Å². The van der Waals surface area contributed by atoms with Gasteiger partial charge in [-0.2, -0.15) is 0 Å². The third kappa shape index (κ3) is 2.98. The molecule has 2 nitrogen and oxygen atoms in total. The third-order valence-electron chi connectivity index (χ3n) is 3.65. The molecule has 21 heavy (non-hydrogen) atoms. The molecule has 0 saturated heterocycles. The topological polar surface area (TPSA) is 24.9 Å². The minimum absolute atomic E-state index is 0.159. The van der Waals surface area contributed by atoms with Gasteiger partial charge >= 0.3 is 0 Å². The standard InChI is InChI=1S/C16H18ClFN2S/c1-9(2)19-15(10-5-3-6-11(17)14(10)18)16-20-12-7-4-8-13(12)21-16/h3,5-6,9,15,19H,4,7-8H2,1-2H3. The maximum Gasteiger partial charge on any atom is 0.146 e. The number of thiazole rings is 1. The first-order valence-electron chi connectivity index (χ1n) is 7.24. The van der Waals surface area contributed by atoms with E-state index in [2.05, 4.69) is 19.2 Å². The lowest BCUT2D eigenvalue weighted by molar-refractivity contribution is 0.501. The lowest BCUT2D eigenvalue weighted by Crippen LogP contribution is -2.29. The number of rotatable bonds is 4. The van der Waals surface area contributed by atoms with Gasteiger partial charge in [0.05, 0.1) is 16.8 Å². The van der Waals surface area contributed by atoms with Gasteiger partial charge in [0.2, 0.25) is 0 Å². The summed E-state index contributed by atoms with van der Waals surface area (Å²) >= 11 is 7.64. The lowest BCUT2D eigenvalue weighted by Gasteiger charge is -2.20. The molecule has 2 aromatic rings. The predicted molar refractivity (Wildman–Crippen MR) is 85.7 cm³/mol. The monoisotopic (exact) mass is 324 g/mol.